The Morgan fingerprint density at radius 2 is 1.72 bits per heavy atom. The molecule has 0 saturated carbocycles. The minimum atomic E-state index is -3.78. The molecular weight excluding hydrogens is 458 g/mol. The highest BCUT2D eigenvalue weighted by Crippen LogP contribution is 2.30. The van der Waals surface area contributed by atoms with E-state index in [9.17, 15) is 21.6 Å². The van der Waals surface area contributed by atoms with Crippen LogP contribution in [0.2, 0.25) is 0 Å². The average Bonchev–Trinajstić information content (AvgIpc) is 2.79. The highest BCUT2D eigenvalue weighted by atomic mass is 32.2. The van der Waals surface area contributed by atoms with Crippen molar-refractivity contribution < 1.29 is 31.1 Å². The molecule has 10 nitrogen and oxygen atoms in total. The number of carbonyl (C=O) groups is 1. The van der Waals surface area contributed by atoms with Crippen LogP contribution in [-0.4, -0.2) is 78.9 Å². The van der Waals surface area contributed by atoms with E-state index in [0.29, 0.717) is 13.2 Å². The molecule has 1 saturated heterocycles. The Morgan fingerprint density at radius 3 is 2.34 bits per heavy atom. The Balaban J connectivity index is 1.92. The standard InChI is InChI=1S/C20H25N3O7S2/c1-22(2)31(25,26)16-6-4-5-15(13-16)20(24)21-18-14-17(7-8-19(18)29-3)32(27,28)23-9-11-30-12-10-23/h4-8,13-14H,9-12H2,1-3H3,(H,21,24). The number of nitrogens with one attached hydrogen (secondary N) is 1. The van der Waals surface area contributed by atoms with Gasteiger partial charge in [-0.25, -0.2) is 21.1 Å². The van der Waals surface area contributed by atoms with Crippen molar-refractivity contribution in [1.29, 1.82) is 0 Å². The normalized spacial score (nSPS) is 15.5. The Bertz CT molecular complexity index is 1210. The molecule has 2 aromatic carbocycles. The highest BCUT2D eigenvalue weighted by Gasteiger charge is 2.27. The minimum Gasteiger partial charge on any atom is -0.495 e. The van der Waals surface area contributed by atoms with Crippen molar-refractivity contribution >= 4 is 31.6 Å². The first-order valence-corrected chi connectivity index (χ1v) is 12.6. The van der Waals surface area contributed by atoms with Gasteiger partial charge in [-0.05, 0) is 36.4 Å². The molecule has 174 valence electrons. The molecule has 0 bridgehead atoms. The molecular formula is C20H25N3O7S2. The van der Waals surface area contributed by atoms with Gasteiger partial charge in [-0.15, -0.1) is 0 Å². The van der Waals surface area contributed by atoms with Crippen LogP contribution in [0.4, 0.5) is 5.69 Å². The third-order valence-electron chi connectivity index (χ3n) is 4.90. The van der Waals surface area contributed by atoms with Crippen LogP contribution in [0.15, 0.2) is 52.3 Å². The summed E-state index contributed by atoms with van der Waals surface area (Å²) in [6, 6.07) is 9.75. The molecule has 1 amide bonds. The van der Waals surface area contributed by atoms with Crippen LogP contribution in [0.25, 0.3) is 0 Å². The highest BCUT2D eigenvalue weighted by molar-refractivity contribution is 7.89. The summed E-state index contributed by atoms with van der Waals surface area (Å²) in [5, 5.41) is 2.62. The summed E-state index contributed by atoms with van der Waals surface area (Å²) in [4.78, 5) is 12.8. The van der Waals surface area contributed by atoms with Gasteiger partial charge in [0.2, 0.25) is 20.0 Å². The first kappa shape index (κ1) is 24.1. The summed E-state index contributed by atoms with van der Waals surface area (Å²) in [5.41, 5.74) is 0.240. The molecule has 3 rings (SSSR count). The Morgan fingerprint density at radius 1 is 1.03 bits per heavy atom. The SMILES string of the molecule is COc1ccc(S(=O)(=O)N2CCOCC2)cc1NC(=O)c1cccc(S(=O)(=O)N(C)C)c1. The van der Waals surface area contributed by atoms with Gasteiger partial charge in [-0.2, -0.15) is 4.31 Å². The predicted molar refractivity (Wildman–Crippen MR) is 118 cm³/mol. The second-order valence-electron chi connectivity index (χ2n) is 7.15. The molecule has 0 spiro atoms. The first-order chi connectivity index (χ1) is 15.1. The topological polar surface area (TPSA) is 122 Å². The van der Waals surface area contributed by atoms with E-state index in [4.69, 9.17) is 9.47 Å². The van der Waals surface area contributed by atoms with Crippen LogP contribution in [0.1, 0.15) is 10.4 Å². The molecule has 0 radical (unpaired) electrons. The number of hydrogen-bond donors (Lipinski definition) is 1. The molecule has 0 unspecified atom stereocenters. The van der Waals surface area contributed by atoms with Crippen LogP contribution >= 0.6 is 0 Å². The summed E-state index contributed by atoms with van der Waals surface area (Å²) in [5.74, 6) is -0.351. The lowest BCUT2D eigenvalue weighted by Gasteiger charge is -2.26. The maximum Gasteiger partial charge on any atom is 0.255 e. The molecule has 1 N–H and O–H groups in total. The number of sulfonamides is 2. The third-order valence-corrected chi connectivity index (χ3v) is 8.61. The van der Waals surface area contributed by atoms with E-state index in [0.717, 1.165) is 4.31 Å². The zero-order valence-corrected chi connectivity index (χ0v) is 19.6. The van der Waals surface area contributed by atoms with Crippen molar-refractivity contribution in [3.63, 3.8) is 0 Å². The maximum atomic E-state index is 13.0. The molecule has 0 aromatic heterocycles. The lowest BCUT2D eigenvalue weighted by atomic mass is 10.2. The monoisotopic (exact) mass is 483 g/mol. The third kappa shape index (κ3) is 4.94. The fourth-order valence-electron chi connectivity index (χ4n) is 3.08. The molecule has 1 fully saturated rings. The van der Waals surface area contributed by atoms with Crippen molar-refractivity contribution in [3.05, 3.63) is 48.0 Å². The molecule has 0 atom stereocenters. The van der Waals surface area contributed by atoms with E-state index in [1.165, 1.54) is 68.0 Å². The van der Waals surface area contributed by atoms with E-state index < -0.39 is 26.0 Å². The second-order valence-corrected chi connectivity index (χ2v) is 11.2. The van der Waals surface area contributed by atoms with E-state index in [2.05, 4.69) is 5.32 Å². The molecule has 0 aliphatic carbocycles. The van der Waals surface area contributed by atoms with Crippen molar-refractivity contribution in [3.8, 4) is 5.75 Å². The van der Waals surface area contributed by atoms with Gasteiger partial charge in [0.15, 0.2) is 0 Å². The van der Waals surface area contributed by atoms with E-state index in [-0.39, 0.29) is 39.9 Å². The molecule has 1 aliphatic heterocycles. The summed E-state index contributed by atoms with van der Waals surface area (Å²) < 4.78 is 63.5. The summed E-state index contributed by atoms with van der Waals surface area (Å²) in [6.45, 7) is 1.10. The van der Waals surface area contributed by atoms with Gasteiger partial charge in [0.05, 0.1) is 35.8 Å². The van der Waals surface area contributed by atoms with Crippen molar-refractivity contribution in [2.24, 2.45) is 0 Å². The summed E-state index contributed by atoms with van der Waals surface area (Å²) >= 11 is 0. The van der Waals surface area contributed by atoms with Gasteiger partial charge >= 0.3 is 0 Å². The number of benzene rings is 2. The Labute approximate surface area is 187 Å². The van der Waals surface area contributed by atoms with Gasteiger partial charge in [0.25, 0.3) is 5.91 Å². The number of methoxy groups -OCH3 is 1. The van der Waals surface area contributed by atoms with Gasteiger partial charge in [0, 0.05) is 32.7 Å². The van der Waals surface area contributed by atoms with Gasteiger partial charge in [-0.1, -0.05) is 6.07 Å². The smallest absolute Gasteiger partial charge is 0.255 e. The van der Waals surface area contributed by atoms with Crippen LogP contribution < -0.4 is 10.1 Å². The second kappa shape index (κ2) is 9.55. The number of rotatable bonds is 7. The lowest BCUT2D eigenvalue weighted by Crippen LogP contribution is -2.40. The fourth-order valence-corrected chi connectivity index (χ4v) is 5.47. The predicted octanol–water partition coefficient (Wildman–Crippen LogP) is 1.22. The molecule has 12 heteroatoms. The zero-order chi connectivity index (χ0) is 23.5. The van der Waals surface area contributed by atoms with Gasteiger partial charge < -0.3 is 14.8 Å². The summed E-state index contributed by atoms with van der Waals surface area (Å²) in [6.07, 6.45) is 0. The Hall–Kier alpha value is -2.51. The number of nitrogens with zero attached hydrogens (tertiary/aromatic N) is 2. The largest absolute Gasteiger partial charge is 0.495 e. The zero-order valence-electron chi connectivity index (χ0n) is 17.9. The van der Waals surface area contributed by atoms with E-state index >= 15 is 0 Å². The van der Waals surface area contributed by atoms with Crippen LogP contribution in [0.3, 0.4) is 0 Å². The van der Waals surface area contributed by atoms with Crippen molar-refractivity contribution in [2.75, 3.05) is 52.8 Å². The molecule has 1 aliphatic rings. The first-order valence-electron chi connectivity index (χ1n) is 9.67. The van der Waals surface area contributed by atoms with Crippen LogP contribution in [0.5, 0.6) is 5.75 Å². The average molecular weight is 484 g/mol. The number of carbonyl (C=O) groups excluding carboxylic acids is 1. The van der Waals surface area contributed by atoms with Gasteiger partial charge in [0.1, 0.15) is 5.75 Å². The van der Waals surface area contributed by atoms with Gasteiger partial charge in [-0.3, -0.25) is 4.79 Å². The number of anilines is 1. The van der Waals surface area contributed by atoms with E-state index in [1.54, 1.807) is 0 Å². The maximum absolute atomic E-state index is 13.0. The molecule has 2 aromatic rings. The van der Waals surface area contributed by atoms with Crippen molar-refractivity contribution in [2.45, 2.75) is 9.79 Å². The number of hydrogen-bond acceptors (Lipinski definition) is 7. The summed E-state index contributed by atoms with van der Waals surface area (Å²) in [7, 11) is -3.32. The van der Waals surface area contributed by atoms with E-state index in [1.807, 2.05) is 0 Å². The fraction of sp³-hybridized carbons (Fsp3) is 0.350. The Kier molecular flexibility index (Phi) is 7.20. The number of ether oxygens (including phenoxy) is 2. The molecule has 1 heterocycles. The molecule has 32 heavy (non-hydrogen) atoms. The number of morpholine rings is 1. The lowest BCUT2D eigenvalue weighted by molar-refractivity contribution is 0.0730. The number of amides is 1. The quantitative estimate of drug-likeness (QED) is 0.628. The van der Waals surface area contributed by atoms with Crippen LogP contribution in [-0.2, 0) is 24.8 Å². The minimum absolute atomic E-state index is 0.000522. The van der Waals surface area contributed by atoms with Crippen LogP contribution in [0, 0.1) is 0 Å². The van der Waals surface area contributed by atoms with Crippen molar-refractivity contribution in [1.82, 2.24) is 8.61 Å².